The summed E-state index contributed by atoms with van der Waals surface area (Å²) in [5.41, 5.74) is 0.830. The SMILES string of the molecule is Cc1cc(S(=O)(=O)NCC2CCCNC2)ccc1OC(C)C.Cl. The number of benzene rings is 1. The maximum absolute atomic E-state index is 12.4. The van der Waals surface area contributed by atoms with Gasteiger partial charge in [0, 0.05) is 6.54 Å². The van der Waals surface area contributed by atoms with Crippen molar-refractivity contribution in [2.45, 2.75) is 44.6 Å². The first-order valence-corrected chi connectivity index (χ1v) is 9.34. The summed E-state index contributed by atoms with van der Waals surface area (Å²) in [5.74, 6) is 1.10. The second-order valence-corrected chi connectivity index (χ2v) is 7.93. The number of aryl methyl sites for hydroxylation is 1. The number of hydrogen-bond donors (Lipinski definition) is 2. The molecule has 0 radical (unpaired) electrons. The third kappa shape index (κ3) is 5.95. The first-order chi connectivity index (χ1) is 10.4. The van der Waals surface area contributed by atoms with Gasteiger partial charge in [-0.25, -0.2) is 13.1 Å². The molecule has 1 aliphatic rings. The molecule has 23 heavy (non-hydrogen) atoms. The summed E-state index contributed by atoms with van der Waals surface area (Å²) in [7, 11) is -3.46. The molecule has 1 aromatic rings. The minimum atomic E-state index is -3.46. The molecular weight excluding hydrogens is 336 g/mol. The zero-order valence-corrected chi connectivity index (χ0v) is 15.6. The number of piperidine rings is 1. The Labute approximate surface area is 145 Å². The molecular formula is C16H27ClN2O3S. The first kappa shape index (κ1) is 20.2. The highest BCUT2D eigenvalue weighted by atomic mass is 35.5. The molecule has 1 fully saturated rings. The van der Waals surface area contributed by atoms with E-state index in [0.29, 0.717) is 17.4 Å². The average molecular weight is 363 g/mol. The van der Waals surface area contributed by atoms with Crippen LogP contribution in [0.5, 0.6) is 5.75 Å². The highest BCUT2D eigenvalue weighted by Gasteiger charge is 2.19. The quantitative estimate of drug-likeness (QED) is 0.815. The number of nitrogens with one attached hydrogen (secondary N) is 2. The molecule has 0 aliphatic carbocycles. The number of hydrogen-bond acceptors (Lipinski definition) is 4. The van der Waals surface area contributed by atoms with Crippen LogP contribution in [0.4, 0.5) is 0 Å². The van der Waals surface area contributed by atoms with E-state index in [-0.39, 0.29) is 18.5 Å². The van der Waals surface area contributed by atoms with Gasteiger partial charge in [0.25, 0.3) is 0 Å². The van der Waals surface area contributed by atoms with E-state index in [1.54, 1.807) is 18.2 Å². The van der Waals surface area contributed by atoms with Crippen LogP contribution in [0.15, 0.2) is 23.1 Å². The molecule has 0 bridgehead atoms. The highest BCUT2D eigenvalue weighted by molar-refractivity contribution is 7.89. The van der Waals surface area contributed by atoms with Crippen LogP contribution in [-0.4, -0.2) is 34.2 Å². The average Bonchev–Trinajstić information content (AvgIpc) is 2.48. The largest absolute Gasteiger partial charge is 0.491 e. The molecule has 132 valence electrons. The lowest BCUT2D eigenvalue weighted by Crippen LogP contribution is -2.38. The van der Waals surface area contributed by atoms with Crippen molar-refractivity contribution in [1.82, 2.24) is 10.0 Å². The van der Waals surface area contributed by atoms with Crippen molar-refractivity contribution in [1.29, 1.82) is 0 Å². The smallest absolute Gasteiger partial charge is 0.240 e. The van der Waals surface area contributed by atoms with E-state index in [9.17, 15) is 8.42 Å². The van der Waals surface area contributed by atoms with Crippen molar-refractivity contribution in [3.8, 4) is 5.75 Å². The van der Waals surface area contributed by atoms with Crippen LogP contribution in [0, 0.1) is 12.8 Å². The summed E-state index contributed by atoms with van der Waals surface area (Å²) in [6, 6.07) is 5.00. The van der Waals surface area contributed by atoms with Crippen LogP contribution in [0.1, 0.15) is 32.3 Å². The summed E-state index contributed by atoms with van der Waals surface area (Å²) >= 11 is 0. The minimum absolute atomic E-state index is 0. The van der Waals surface area contributed by atoms with Crippen LogP contribution in [0.2, 0.25) is 0 Å². The van der Waals surface area contributed by atoms with E-state index in [0.717, 1.165) is 37.2 Å². The topological polar surface area (TPSA) is 67.4 Å². The number of sulfonamides is 1. The van der Waals surface area contributed by atoms with Gasteiger partial charge in [-0.3, -0.25) is 0 Å². The number of halogens is 1. The van der Waals surface area contributed by atoms with Crippen LogP contribution < -0.4 is 14.8 Å². The van der Waals surface area contributed by atoms with E-state index >= 15 is 0 Å². The van der Waals surface area contributed by atoms with Gasteiger partial charge in [-0.2, -0.15) is 0 Å². The normalized spacial score (nSPS) is 18.5. The molecule has 2 rings (SSSR count). The van der Waals surface area contributed by atoms with E-state index in [2.05, 4.69) is 10.0 Å². The summed E-state index contributed by atoms with van der Waals surface area (Å²) in [5, 5.41) is 3.29. The second-order valence-electron chi connectivity index (χ2n) is 6.16. The van der Waals surface area contributed by atoms with Crippen LogP contribution in [-0.2, 0) is 10.0 Å². The summed E-state index contributed by atoms with van der Waals surface area (Å²) < 4.78 is 33.1. The number of rotatable bonds is 6. The summed E-state index contributed by atoms with van der Waals surface area (Å²) in [4.78, 5) is 0.296. The molecule has 1 saturated heterocycles. The Morgan fingerprint density at radius 3 is 2.70 bits per heavy atom. The highest BCUT2D eigenvalue weighted by Crippen LogP contribution is 2.23. The summed E-state index contributed by atoms with van der Waals surface area (Å²) in [6.45, 7) is 8.15. The molecule has 0 aromatic heterocycles. The van der Waals surface area contributed by atoms with Crippen molar-refractivity contribution in [3.05, 3.63) is 23.8 Å². The lowest BCUT2D eigenvalue weighted by atomic mass is 10.0. The molecule has 1 aliphatic heterocycles. The molecule has 7 heteroatoms. The van der Waals surface area contributed by atoms with Gasteiger partial charge in [0.05, 0.1) is 11.0 Å². The van der Waals surface area contributed by atoms with Crippen molar-refractivity contribution >= 4 is 22.4 Å². The van der Waals surface area contributed by atoms with Gasteiger partial charge in [0.15, 0.2) is 0 Å². The third-order valence-corrected chi connectivity index (χ3v) is 5.20. The standard InChI is InChI=1S/C16H26N2O3S.ClH/c1-12(2)21-16-7-6-15(9-13(16)3)22(19,20)18-11-14-5-4-8-17-10-14;/h6-7,9,12,14,17-18H,4-5,8,10-11H2,1-3H3;1H. The predicted octanol–water partition coefficient (Wildman–Crippen LogP) is 2.48. The van der Waals surface area contributed by atoms with Gasteiger partial charge in [0.1, 0.15) is 5.75 Å². The monoisotopic (exact) mass is 362 g/mol. The Balaban J connectivity index is 0.00000264. The van der Waals surface area contributed by atoms with Crippen LogP contribution in [0.3, 0.4) is 0 Å². The van der Waals surface area contributed by atoms with Crippen molar-refractivity contribution in [2.24, 2.45) is 5.92 Å². The van der Waals surface area contributed by atoms with Crippen molar-refractivity contribution < 1.29 is 13.2 Å². The minimum Gasteiger partial charge on any atom is -0.491 e. The third-order valence-electron chi connectivity index (χ3n) is 3.78. The van der Waals surface area contributed by atoms with Gasteiger partial charge < -0.3 is 10.1 Å². The van der Waals surface area contributed by atoms with Gasteiger partial charge >= 0.3 is 0 Å². The molecule has 0 saturated carbocycles. The Hall–Kier alpha value is -0.820. The van der Waals surface area contributed by atoms with Gasteiger partial charge in [-0.15, -0.1) is 12.4 Å². The fraction of sp³-hybridized carbons (Fsp3) is 0.625. The Morgan fingerprint density at radius 1 is 1.39 bits per heavy atom. The Kier molecular flexibility index (Phi) is 7.80. The fourth-order valence-electron chi connectivity index (χ4n) is 2.58. The second kappa shape index (κ2) is 8.87. The van der Waals surface area contributed by atoms with Crippen LogP contribution >= 0.6 is 12.4 Å². The summed E-state index contributed by atoms with van der Waals surface area (Å²) in [6.07, 6.45) is 2.24. The molecule has 2 N–H and O–H groups in total. The Morgan fingerprint density at radius 2 is 2.13 bits per heavy atom. The van der Waals surface area contributed by atoms with Crippen molar-refractivity contribution in [3.63, 3.8) is 0 Å². The van der Waals surface area contributed by atoms with Gasteiger partial charge in [-0.05, 0) is 76.4 Å². The molecule has 0 spiro atoms. The van der Waals surface area contributed by atoms with E-state index in [4.69, 9.17) is 4.74 Å². The van der Waals surface area contributed by atoms with E-state index < -0.39 is 10.0 Å². The molecule has 0 amide bonds. The number of ether oxygens (including phenoxy) is 1. The van der Waals surface area contributed by atoms with Gasteiger partial charge in [-0.1, -0.05) is 0 Å². The van der Waals surface area contributed by atoms with Crippen LogP contribution in [0.25, 0.3) is 0 Å². The lowest BCUT2D eigenvalue weighted by Gasteiger charge is -2.23. The fourth-order valence-corrected chi connectivity index (χ4v) is 3.79. The Bertz CT molecular complexity index is 599. The zero-order chi connectivity index (χ0) is 16.2. The van der Waals surface area contributed by atoms with E-state index in [1.165, 1.54) is 0 Å². The first-order valence-electron chi connectivity index (χ1n) is 7.86. The van der Waals surface area contributed by atoms with Crippen molar-refractivity contribution in [2.75, 3.05) is 19.6 Å². The molecule has 1 unspecified atom stereocenters. The zero-order valence-electron chi connectivity index (χ0n) is 14.0. The van der Waals surface area contributed by atoms with Gasteiger partial charge in [0.2, 0.25) is 10.0 Å². The maximum atomic E-state index is 12.4. The molecule has 5 nitrogen and oxygen atoms in total. The lowest BCUT2D eigenvalue weighted by molar-refractivity contribution is 0.240. The van der Waals surface area contributed by atoms with E-state index in [1.807, 2.05) is 20.8 Å². The molecule has 1 aromatic carbocycles. The molecule has 1 heterocycles. The predicted molar refractivity (Wildman–Crippen MR) is 95.0 cm³/mol. The maximum Gasteiger partial charge on any atom is 0.240 e. The molecule has 1 atom stereocenters.